The van der Waals surface area contributed by atoms with Crippen LogP contribution in [0.2, 0.25) is 0 Å². The van der Waals surface area contributed by atoms with E-state index in [2.05, 4.69) is 53.0 Å². The highest BCUT2D eigenvalue weighted by atomic mass is 32.1. The second-order valence-corrected chi connectivity index (χ2v) is 7.39. The van der Waals surface area contributed by atoms with Gasteiger partial charge in [-0.25, -0.2) is 4.98 Å². The van der Waals surface area contributed by atoms with E-state index >= 15 is 0 Å². The van der Waals surface area contributed by atoms with Gasteiger partial charge in [0.2, 0.25) is 0 Å². The largest absolute Gasteiger partial charge is 0.494 e. The second-order valence-electron chi connectivity index (χ2n) is 6.38. The van der Waals surface area contributed by atoms with Crippen LogP contribution in [-0.2, 0) is 4.74 Å². The number of benzene rings is 2. The zero-order chi connectivity index (χ0) is 18.8. The average molecular weight is 382 g/mol. The number of methoxy groups -OCH3 is 1. The number of nitrogens with zero attached hydrogens (tertiary/aromatic N) is 2. The van der Waals surface area contributed by atoms with Crippen LogP contribution in [0.4, 0.5) is 5.82 Å². The van der Waals surface area contributed by atoms with E-state index in [9.17, 15) is 0 Å². The number of anilines is 1. The molecule has 6 heteroatoms. The molecule has 4 rings (SSSR count). The standard InChI is InChI=1S/C21H23N3O2S/c1-4-26-16-9-10-17-18(13-16)27-21-23-19(15-7-5-14(2)6-8-15)20(24(17)21)22-11-12-25-3/h5-10,13,22H,4,11-12H2,1-3H3. The summed E-state index contributed by atoms with van der Waals surface area (Å²) in [5.41, 5.74) is 4.44. The van der Waals surface area contributed by atoms with Crippen molar-refractivity contribution < 1.29 is 9.47 Å². The zero-order valence-corrected chi connectivity index (χ0v) is 16.6. The van der Waals surface area contributed by atoms with E-state index in [-0.39, 0.29) is 0 Å². The highest BCUT2D eigenvalue weighted by Crippen LogP contribution is 2.37. The summed E-state index contributed by atoms with van der Waals surface area (Å²) in [7, 11) is 1.71. The fourth-order valence-corrected chi connectivity index (χ4v) is 4.21. The van der Waals surface area contributed by atoms with Gasteiger partial charge in [0.25, 0.3) is 0 Å². The van der Waals surface area contributed by atoms with Crippen molar-refractivity contribution in [3.05, 3.63) is 48.0 Å². The van der Waals surface area contributed by atoms with E-state index in [0.29, 0.717) is 13.2 Å². The molecule has 0 saturated carbocycles. The first kappa shape index (κ1) is 17.8. The highest BCUT2D eigenvalue weighted by molar-refractivity contribution is 7.23. The fourth-order valence-electron chi connectivity index (χ4n) is 3.15. The van der Waals surface area contributed by atoms with Crippen LogP contribution in [-0.4, -0.2) is 36.3 Å². The maximum absolute atomic E-state index is 5.65. The Morgan fingerprint density at radius 3 is 2.70 bits per heavy atom. The highest BCUT2D eigenvalue weighted by Gasteiger charge is 2.18. The molecule has 0 spiro atoms. The Morgan fingerprint density at radius 1 is 1.15 bits per heavy atom. The number of fused-ring (bicyclic) bond motifs is 3. The number of nitrogens with one attached hydrogen (secondary N) is 1. The summed E-state index contributed by atoms with van der Waals surface area (Å²) in [5.74, 6) is 1.89. The molecule has 2 aromatic carbocycles. The van der Waals surface area contributed by atoms with E-state index in [1.54, 1.807) is 18.4 Å². The number of hydrogen-bond acceptors (Lipinski definition) is 5. The summed E-state index contributed by atoms with van der Waals surface area (Å²) in [6.45, 7) is 6.11. The van der Waals surface area contributed by atoms with Gasteiger partial charge >= 0.3 is 0 Å². The van der Waals surface area contributed by atoms with Gasteiger partial charge in [-0.2, -0.15) is 0 Å². The van der Waals surface area contributed by atoms with Crippen molar-refractivity contribution in [1.29, 1.82) is 0 Å². The lowest BCUT2D eigenvalue weighted by molar-refractivity contribution is 0.210. The minimum atomic E-state index is 0.636. The molecule has 27 heavy (non-hydrogen) atoms. The number of ether oxygens (including phenoxy) is 2. The van der Waals surface area contributed by atoms with Gasteiger partial charge in [-0.05, 0) is 32.0 Å². The van der Waals surface area contributed by atoms with Gasteiger partial charge in [-0.3, -0.25) is 4.40 Å². The van der Waals surface area contributed by atoms with Gasteiger partial charge < -0.3 is 14.8 Å². The SMILES string of the molecule is CCOc1ccc2c(c1)sc1nc(-c3ccc(C)cc3)c(NCCOC)n12. The molecule has 0 unspecified atom stereocenters. The summed E-state index contributed by atoms with van der Waals surface area (Å²) in [6.07, 6.45) is 0. The third-order valence-corrected chi connectivity index (χ3v) is 5.46. The van der Waals surface area contributed by atoms with E-state index < -0.39 is 0 Å². The van der Waals surface area contributed by atoms with Crippen LogP contribution >= 0.6 is 11.3 Å². The minimum absolute atomic E-state index is 0.636. The lowest BCUT2D eigenvalue weighted by Gasteiger charge is -2.09. The van der Waals surface area contributed by atoms with Crippen LogP contribution in [0.25, 0.3) is 26.4 Å². The average Bonchev–Trinajstić information content (AvgIpc) is 3.19. The Kier molecular flexibility index (Phi) is 5.01. The van der Waals surface area contributed by atoms with Gasteiger partial charge in [-0.1, -0.05) is 41.2 Å². The molecule has 2 heterocycles. The predicted octanol–water partition coefficient (Wildman–Crippen LogP) is 4.98. The first-order valence-corrected chi connectivity index (χ1v) is 9.90. The molecule has 0 aliphatic rings. The summed E-state index contributed by atoms with van der Waals surface area (Å²) in [6, 6.07) is 14.7. The van der Waals surface area contributed by atoms with E-state index in [0.717, 1.165) is 44.5 Å². The number of rotatable bonds is 7. The van der Waals surface area contributed by atoms with E-state index in [4.69, 9.17) is 14.5 Å². The van der Waals surface area contributed by atoms with Crippen LogP contribution in [0.15, 0.2) is 42.5 Å². The maximum atomic E-state index is 5.65. The van der Waals surface area contributed by atoms with Crippen LogP contribution < -0.4 is 10.1 Å². The first-order valence-electron chi connectivity index (χ1n) is 9.09. The number of hydrogen-bond donors (Lipinski definition) is 1. The molecule has 1 N–H and O–H groups in total. The topological polar surface area (TPSA) is 47.8 Å². The number of aryl methyl sites for hydroxylation is 1. The minimum Gasteiger partial charge on any atom is -0.494 e. The van der Waals surface area contributed by atoms with Gasteiger partial charge in [0.05, 0.1) is 23.4 Å². The normalized spacial score (nSPS) is 11.4. The number of thiazole rings is 1. The number of imidazole rings is 1. The van der Waals surface area contributed by atoms with Crippen molar-refractivity contribution in [3.8, 4) is 17.0 Å². The van der Waals surface area contributed by atoms with Crippen molar-refractivity contribution in [3.63, 3.8) is 0 Å². The first-order chi connectivity index (χ1) is 13.2. The molecule has 2 aromatic heterocycles. The predicted molar refractivity (Wildman–Crippen MR) is 112 cm³/mol. The molecule has 0 saturated heterocycles. The molecule has 140 valence electrons. The Morgan fingerprint density at radius 2 is 1.96 bits per heavy atom. The second kappa shape index (κ2) is 7.58. The Hall–Kier alpha value is -2.57. The fraction of sp³-hybridized carbons (Fsp3) is 0.286. The van der Waals surface area contributed by atoms with Crippen LogP contribution in [0.3, 0.4) is 0 Å². The molecular weight excluding hydrogens is 358 g/mol. The summed E-state index contributed by atoms with van der Waals surface area (Å²) in [5, 5.41) is 3.52. The van der Waals surface area contributed by atoms with Crippen LogP contribution in [0.1, 0.15) is 12.5 Å². The summed E-state index contributed by atoms with van der Waals surface area (Å²) >= 11 is 1.67. The van der Waals surface area contributed by atoms with Crippen molar-refractivity contribution in [2.24, 2.45) is 0 Å². The quantitative estimate of drug-likeness (QED) is 0.459. The smallest absolute Gasteiger partial charge is 0.197 e. The summed E-state index contributed by atoms with van der Waals surface area (Å²) < 4.78 is 14.2. The molecule has 0 bridgehead atoms. The maximum Gasteiger partial charge on any atom is 0.197 e. The molecular formula is C21H23N3O2S. The lowest BCUT2D eigenvalue weighted by Crippen LogP contribution is -2.10. The third kappa shape index (κ3) is 3.38. The number of aromatic nitrogens is 2. The van der Waals surface area contributed by atoms with Gasteiger partial charge in [0, 0.05) is 19.2 Å². The lowest BCUT2D eigenvalue weighted by atomic mass is 10.1. The molecule has 0 amide bonds. The Labute approximate surface area is 162 Å². The van der Waals surface area contributed by atoms with Crippen LogP contribution in [0.5, 0.6) is 5.75 Å². The van der Waals surface area contributed by atoms with Crippen molar-refractivity contribution in [2.45, 2.75) is 13.8 Å². The van der Waals surface area contributed by atoms with E-state index in [1.165, 1.54) is 5.56 Å². The molecule has 0 aliphatic carbocycles. The molecule has 5 nitrogen and oxygen atoms in total. The zero-order valence-electron chi connectivity index (χ0n) is 15.8. The monoisotopic (exact) mass is 381 g/mol. The third-order valence-electron chi connectivity index (χ3n) is 4.45. The van der Waals surface area contributed by atoms with E-state index in [1.807, 2.05) is 13.0 Å². The molecule has 0 atom stereocenters. The molecule has 4 aromatic rings. The Bertz CT molecular complexity index is 1070. The summed E-state index contributed by atoms with van der Waals surface area (Å²) in [4.78, 5) is 5.91. The van der Waals surface area contributed by atoms with Crippen molar-refractivity contribution in [2.75, 3.05) is 32.2 Å². The molecule has 0 aliphatic heterocycles. The van der Waals surface area contributed by atoms with Crippen LogP contribution in [0, 0.1) is 6.92 Å². The molecule has 0 radical (unpaired) electrons. The Balaban J connectivity index is 1.87. The molecule has 0 fully saturated rings. The van der Waals surface area contributed by atoms with Crippen molar-refractivity contribution >= 4 is 32.3 Å². The van der Waals surface area contributed by atoms with Gasteiger partial charge in [0.15, 0.2) is 4.96 Å². The van der Waals surface area contributed by atoms with Gasteiger partial charge in [-0.15, -0.1) is 0 Å². The van der Waals surface area contributed by atoms with Crippen molar-refractivity contribution in [1.82, 2.24) is 9.38 Å². The van der Waals surface area contributed by atoms with Gasteiger partial charge in [0.1, 0.15) is 17.3 Å².